The van der Waals surface area contributed by atoms with E-state index in [0.29, 0.717) is 5.69 Å². The average molecular weight is 263 g/mol. The Morgan fingerprint density at radius 2 is 2.16 bits per heavy atom. The Hall–Kier alpha value is -1.75. The van der Waals surface area contributed by atoms with Crippen LogP contribution in [0.15, 0.2) is 24.3 Å². The molecule has 19 heavy (non-hydrogen) atoms. The van der Waals surface area contributed by atoms with E-state index in [1.807, 2.05) is 24.3 Å². The number of carbonyl (C=O) groups is 1. The van der Waals surface area contributed by atoms with Crippen LogP contribution in [0.25, 0.3) is 0 Å². The average Bonchev–Trinajstić information content (AvgIpc) is 3.09. The third kappa shape index (κ3) is 3.17. The second-order valence-corrected chi connectivity index (χ2v) is 5.83. The Labute approximate surface area is 113 Å². The molecule has 1 saturated carbocycles. The van der Waals surface area contributed by atoms with E-state index in [-0.39, 0.29) is 18.2 Å². The lowest BCUT2D eigenvalue weighted by Crippen LogP contribution is -2.52. The van der Waals surface area contributed by atoms with Crippen molar-refractivity contribution in [3.8, 4) is 0 Å². The van der Waals surface area contributed by atoms with Gasteiger partial charge in [0.05, 0.1) is 17.7 Å². The van der Waals surface area contributed by atoms with Gasteiger partial charge in [0, 0.05) is 5.69 Å². The van der Waals surface area contributed by atoms with Crippen molar-refractivity contribution >= 4 is 11.7 Å². The zero-order chi connectivity index (χ0) is 14.1. The summed E-state index contributed by atoms with van der Waals surface area (Å²) < 4.78 is 0. The van der Waals surface area contributed by atoms with E-state index in [1.54, 1.807) is 13.8 Å². The van der Waals surface area contributed by atoms with E-state index in [2.05, 4.69) is 10.6 Å². The van der Waals surface area contributed by atoms with Crippen LogP contribution in [0.1, 0.15) is 32.3 Å². The molecule has 5 nitrogen and oxygen atoms in total. The number of anilines is 1. The number of aliphatic hydroxyl groups excluding tert-OH is 1. The fourth-order valence-electron chi connectivity index (χ4n) is 2.04. The lowest BCUT2D eigenvalue weighted by molar-refractivity contribution is 0.179. The fraction of sp³-hybridized carbons (Fsp3) is 0.500. The summed E-state index contributed by atoms with van der Waals surface area (Å²) in [5, 5.41) is 14.9. The molecule has 0 bridgehead atoms. The number of rotatable bonds is 4. The normalized spacial score (nSPS) is 16.8. The fourth-order valence-corrected chi connectivity index (χ4v) is 2.04. The number of nitrogens with one attached hydrogen (secondary N) is 2. The van der Waals surface area contributed by atoms with Gasteiger partial charge in [-0.15, -0.1) is 0 Å². The molecular formula is C14H21N3O2. The Bertz CT molecular complexity index is 481. The molecule has 1 aromatic rings. The summed E-state index contributed by atoms with van der Waals surface area (Å²) in [6.45, 7) is 3.44. The molecule has 1 aromatic carbocycles. The number of nitrogens with two attached hydrogens (primary N) is 1. The minimum atomic E-state index is -0.629. The van der Waals surface area contributed by atoms with E-state index in [4.69, 9.17) is 10.8 Å². The molecule has 0 radical (unpaired) electrons. The lowest BCUT2D eigenvalue weighted by atomic mass is 10.0. The van der Waals surface area contributed by atoms with Crippen LogP contribution < -0.4 is 16.4 Å². The molecule has 104 valence electrons. The van der Waals surface area contributed by atoms with Crippen LogP contribution in [-0.4, -0.2) is 23.3 Å². The van der Waals surface area contributed by atoms with Crippen molar-refractivity contribution in [2.75, 3.05) is 12.3 Å². The van der Waals surface area contributed by atoms with Crippen LogP contribution >= 0.6 is 0 Å². The Morgan fingerprint density at radius 3 is 2.68 bits per heavy atom. The van der Waals surface area contributed by atoms with Crippen LogP contribution in [0.4, 0.5) is 10.5 Å². The Kier molecular flexibility index (Phi) is 3.41. The number of urea groups is 1. The van der Waals surface area contributed by atoms with Crippen molar-refractivity contribution in [2.24, 2.45) is 0 Å². The zero-order valence-electron chi connectivity index (χ0n) is 11.4. The quantitative estimate of drug-likeness (QED) is 0.618. The molecule has 0 aromatic heterocycles. The molecule has 1 fully saturated rings. The topological polar surface area (TPSA) is 87.4 Å². The van der Waals surface area contributed by atoms with E-state index in [9.17, 15) is 4.79 Å². The number of amides is 2. The van der Waals surface area contributed by atoms with Crippen molar-refractivity contribution in [2.45, 2.75) is 37.8 Å². The number of nitrogen functional groups attached to an aromatic ring is 1. The first-order valence-electron chi connectivity index (χ1n) is 6.44. The van der Waals surface area contributed by atoms with Gasteiger partial charge in [0.25, 0.3) is 0 Å². The SMILES string of the molecule is CC(C)(CO)NC(=O)NC1(c2cccc(N)c2)CC1. The predicted octanol–water partition coefficient (Wildman–Crippen LogP) is 1.33. The van der Waals surface area contributed by atoms with E-state index < -0.39 is 5.54 Å². The van der Waals surface area contributed by atoms with Crippen molar-refractivity contribution in [3.63, 3.8) is 0 Å². The molecule has 0 saturated heterocycles. The highest BCUT2D eigenvalue weighted by atomic mass is 16.3. The maximum atomic E-state index is 12.0. The van der Waals surface area contributed by atoms with Crippen molar-refractivity contribution in [3.05, 3.63) is 29.8 Å². The van der Waals surface area contributed by atoms with Crippen LogP contribution in [0.2, 0.25) is 0 Å². The number of benzene rings is 1. The van der Waals surface area contributed by atoms with Gasteiger partial charge in [-0.1, -0.05) is 12.1 Å². The van der Waals surface area contributed by atoms with Crippen LogP contribution in [0.3, 0.4) is 0 Å². The van der Waals surface area contributed by atoms with Gasteiger partial charge in [-0.05, 0) is 44.4 Å². The molecule has 1 aliphatic carbocycles. The van der Waals surface area contributed by atoms with E-state index >= 15 is 0 Å². The molecule has 2 rings (SSSR count). The zero-order valence-corrected chi connectivity index (χ0v) is 11.4. The standard InChI is InChI=1S/C14H21N3O2/c1-13(2,9-18)16-12(19)17-14(6-7-14)10-4-3-5-11(15)8-10/h3-5,8,18H,6-7,9,15H2,1-2H3,(H2,16,17,19). The Balaban J connectivity index is 2.05. The third-order valence-corrected chi connectivity index (χ3v) is 3.39. The summed E-state index contributed by atoms with van der Waals surface area (Å²) in [7, 11) is 0. The van der Waals surface area contributed by atoms with Gasteiger partial charge in [-0.3, -0.25) is 0 Å². The molecule has 0 spiro atoms. The summed E-state index contributed by atoms with van der Waals surface area (Å²) >= 11 is 0. The molecule has 0 unspecified atom stereocenters. The molecule has 5 heteroatoms. The largest absolute Gasteiger partial charge is 0.399 e. The van der Waals surface area contributed by atoms with Gasteiger partial charge in [0.1, 0.15) is 0 Å². The first-order valence-corrected chi connectivity index (χ1v) is 6.44. The maximum absolute atomic E-state index is 12.0. The number of hydrogen-bond donors (Lipinski definition) is 4. The van der Waals surface area contributed by atoms with Crippen LogP contribution in [0, 0.1) is 0 Å². The molecule has 0 atom stereocenters. The highest BCUT2D eigenvalue weighted by Crippen LogP contribution is 2.45. The van der Waals surface area contributed by atoms with Gasteiger partial charge in [0.2, 0.25) is 0 Å². The summed E-state index contributed by atoms with van der Waals surface area (Å²) in [4.78, 5) is 12.0. The maximum Gasteiger partial charge on any atom is 0.315 e. The van der Waals surface area contributed by atoms with Gasteiger partial charge < -0.3 is 21.5 Å². The molecule has 0 aliphatic heterocycles. The molecule has 5 N–H and O–H groups in total. The van der Waals surface area contributed by atoms with Crippen LogP contribution in [0.5, 0.6) is 0 Å². The number of hydrogen-bond acceptors (Lipinski definition) is 3. The first kappa shape index (κ1) is 13.7. The second-order valence-electron chi connectivity index (χ2n) is 5.83. The number of aliphatic hydroxyl groups is 1. The summed E-state index contributed by atoms with van der Waals surface area (Å²) in [5.74, 6) is 0. The first-order chi connectivity index (χ1) is 8.87. The van der Waals surface area contributed by atoms with E-state index in [0.717, 1.165) is 18.4 Å². The smallest absolute Gasteiger partial charge is 0.315 e. The van der Waals surface area contributed by atoms with Crippen LogP contribution in [-0.2, 0) is 5.54 Å². The van der Waals surface area contributed by atoms with Gasteiger partial charge in [-0.2, -0.15) is 0 Å². The minimum Gasteiger partial charge on any atom is -0.399 e. The predicted molar refractivity (Wildman–Crippen MR) is 74.6 cm³/mol. The molecule has 1 aliphatic rings. The number of carbonyl (C=O) groups excluding carboxylic acids is 1. The van der Waals surface area contributed by atoms with Gasteiger partial charge >= 0.3 is 6.03 Å². The van der Waals surface area contributed by atoms with Gasteiger partial charge in [-0.25, -0.2) is 4.79 Å². The molecular weight excluding hydrogens is 242 g/mol. The van der Waals surface area contributed by atoms with Crippen molar-refractivity contribution in [1.82, 2.24) is 10.6 Å². The highest BCUT2D eigenvalue weighted by Gasteiger charge is 2.46. The molecule has 0 heterocycles. The third-order valence-electron chi connectivity index (χ3n) is 3.39. The van der Waals surface area contributed by atoms with E-state index in [1.165, 1.54) is 0 Å². The summed E-state index contributed by atoms with van der Waals surface area (Å²) in [5.41, 5.74) is 6.57. The molecule has 2 amide bonds. The lowest BCUT2D eigenvalue weighted by Gasteiger charge is -2.26. The second kappa shape index (κ2) is 4.74. The monoisotopic (exact) mass is 263 g/mol. The minimum absolute atomic E-state index is 0.105. The van der Waals surface area contributed by atoms with Crippen molar-refractivity contribution < 1.29 is 9.90 Å². The summed E-state index contributed by atoms with van der Waals surface area (Å²) in [6.07, 6.45) is 1.81. The highest BCUT2D eigenvalue weighted by molar-refractivity contribution is 5.76. The van der Waals surface area contributed by atoms with Gasteiger partial charge in [0.15, 0.2) is 0 Å². The Morgan fingerprint density at radius 1 is 1.47 bits per heavy atom. The van der Waals surface area contributed by atoms with Crippen molar-refractivity contribution in [1.29, 1.82) is 0 Å². The summed E-state index contributed by atoms with van der Waals surface area (Å²) in [6, 6.07) is 7.32.